The minimum atomic E-state index is -0.495. The highest BCUT2D eigenvalue weighted by atomic mass is 79.9. The Balaban J connectivity index is 1.81. The third kappa shape index (κ3) is 3.57. The van der Waals surface area contributed by atoms with Crippen LogP contribution in [-0.2, 0) is 0 Å². The average Bonchev–Trinajstić information content (AvgIpc) is 2.98. The number of amides is 1. The molecular formula is C15H8BrClFN3O2. The lowest BCUT2D eigenvalue weighted by molar-refractivity contribution is 0.102. The minimum absolute atomic E-state index is 0.0974. The Hall–Kier alpha value is -2.25. The van der Waals surface area contributed by atoms with Crippen molar-refractivity contribution in [3.8, 4) is 11.5 Å². The van der Waals surface area contributed by atoms with Crippen LogP contribution in [0.25, 0.3) is 11.5 Å². The molecule has 0 bridgehead atoms. The monoisotopic (exact) mass is 395 g/mol. The second kappa shape index (κ2) is 6.47. The highest BCUT2D eigenvalue weighted by molar-refractivity contribution is 9.10. The van der Waals surface area contributed by atoms with Crippen molar-refractivity contribution in [1.29, 1.82) is 0 Å². The van der Waals surface area contributed by atoms with Crippen molar-refractivity contribution in [1.82, 2.24) is 10.2 Å². The molecular weight excluding hydrogens is 389 g/mol. The van der Waals surface area contributed by atoms with Gasteiger partial charge in [0.2, 0.25) is 5.89 Å². The van der Waals surface area contributed by atoms with E-state index in [4.69, 9.17) is 16.0 Å². The number of benzene rings is 2. The van der Waals surface area contributed by atoms with Crippen LogP contribution in [0, 0.1) is 5.82 Å². The van der Waals surface area contributed by atoms with E-state index < -0.39 is 11.7 Å². The summed E-state index contributed by atoms with van der Waals surface area (Å²) in [7, 11) is 0. The number of aromatic nitrogens is 2. The number of hydrogen-bond donors (Lipinski definition) is 1. The zero-order chi connectivity index (χ0) is 16.4. The number of halogens is 3. The van der Waals surface area contributed by atoms with Crippen LogP contribution >= 0.6 is 27.5 Å². The molecule has 0 spiro atoms. The van der Waals surface area contributed by atoms with Crippen molar-refractivity contribution in [3.63, 3.8) is 0 Å². The molecule has 3 rings (SSSR count). The van der Waals surface area contributed by atoms with Gasteiger partial charge in [-0.15, -0.1) is 5.10 Å². The number of anilines is 1. The van der Waals surface area contributed by atoms with Crippen LogP contribution in [0.2, 0.25) is 5.02 Å². The third-order valence-electron chi connectivity index (χ3n) is 2.89. The molecule has 0 fully saturated rings. The Morgan fingerprint density at radius 3 is 2.83 bits per heavy atom. The molecule has 8 heteroatoms. The molecule has 1 N–H and O–H groups in total. The van der Waals surface area contributed by atoms with Crippen molar-refractivity contribution in [3.05, 3.63) is 63.3 Å². The van der Waals surface area contributed by atoms with E-state index in [1.54, 1.807) is 24.3 Å². The van der Waals surface area contributed by atoms with Crippen molar-refractivity contribution in [2.75, 3.05) is 5.32 Å². The molecule has 0 aliphatic carbocycles. The fraction of sp³-hybridized carbons (Fsp3) is 0. The van der Waals surface area contributed by atoms with E-state index in [1.165, 1.54) is 18.2 Å². The first-order chi connectivity index (χ1) is 11.0. The zero-order valence-electron chi connectivity index (χ0n) is 11.4. The number of rotatable bonds is 3. The van der Waals surface area contributed by atoms with Gasteiger partial charge in [-0.05, 0) is 36.4 Å². The number of carbonyl (C=O) groups is 1. The largest absolute Gasteiger partial charge is 0.403 e. The average molecular weight is 397 g/mol. The first kappa shape index (κ1) is 15.6. The van der Waals surface area contributed by atoms with Gasteiger partial charge in [0.15, 0.2) is 0 Å². The van der Waals surface area contributed by atoms with Crippen LogP contribution in [0.4, 0.5) is 10.4 Å². The smallest absolute Gasteiger partial charge is 0.322 e. The fourth-order valence-corrected chi connectivity index (χ4v) is 2.41. The van der Waals surface area contributed by atoms with Gasteiger partial charge in [0.05, 0.1) is 10.6 Å². The summed E-state index contributed by atoms with van der Waals surface area (Å²) in [6.07, 6.45) is 0. The zero-order valence-corrected chi connectivity index (χ0v) is 13.7. The quantitative estimate of drug-likeness (QED) is 0.705. The molecule has 0 aliphatic rings. The Morgan fingerprint density at radius 2 is 2.04 bits per heavy atom. The Morgan fingerprint density at radius 1 is 1.22 bits per heavy atom. The lowest BCUT2D eigenvalue weighted by atomic mass is 10.2. The normalized spacial score (nSPS) is 10.6. The van der Waals surface area contributed by atoms with Crippen LogP contribution in [0.15, 0.2) is 51.4 Å². The van der Waals surface area contributed by atoms with Crippen molar-refractivity contribution < 1.29 is 13.6 Å². The topological polar surface area (TPSA) is 68.0 Å². The molecule has 0 atom stereocenters. The molecule has 0 unspecified atom stereocenters. The molecule has 5 nitrogen and oxygen atoms in total. The second-order valence-electron chi connectivity index (χ2n) is 4.50. The lowest BCUT2D eigenvalue weighted by Gasteiger charge is -2.03. The molecule has 0 saturated heterocycles. The predicted molar refractivity (Wildman–Crippen MR) is 86.8 cm³/mol. The molecule has 1 aromatic heterocycles. The maximum atomic E-state index is 13.2. The summed E-state index contributed by atoms with van der Waals surface area (Å²) in [5, 5.41) is 10.2. The van der Waals surface area contributed by atoms with Gasteiger partial charge in [-0.1, -0.05) is 38.7 Å². The van der Waals surface area contributed by atoms with Crippen molar-refractivity contribution >= 4 is 39.5 Å². The fourth-order valence-electron chi connectivity index (χ4n) is 1.85. The lowest BCUT2D eigenvalue weighted by Crippen LogP contribution is -2.12. The standard InChI is InChI=1S/C15H8BrClFN3O2/c16-9-4-5-12(17)11(7-9)13(22)19-15-21-20-14(23-15)8-2-1-3-10(18)6-8/h1-7H,(H,19,21,22). The molecule has 0 radical (unpaired) electrons. The molecule has 23 heavy (non-hydrogen) atoms. The SMILES string of the molecule is O=C(Nc1nnc(-c2cccc(F)c2)o1)c1cc(Br)ccc1Cl. The van der Waals surface area contributed by atoms with Gasteiger partial charge < -0.3 is 4.42 Å². The first-order valence-corrected chi connectivity index (χ1v) is 7.56. The van der Waals surface area contributed by atoms with E-state index in [0.29, 0.717) is 10.0 Å². The van der Waals surface area contributed by atoms with E-state index in [-0.39, 0.29) is 22.5 Å². The van der Waals surface area contributed by atoms with E-state index in [2.05, 4.69) is 31.4 Å². The number of nitrogens with one attached hydrogen (secondary N) is 1. The molecule has 3 aromatic rings. The maximum absolute atomic E-state index is 13.2. The molecule has 0 saturated carbocycles. The molecule has 0 aliphatic heterocycles. The first-order valence-electron chi connectivity index (χ1n) is 6.39. The Labute approximate surface area is 143 Å². The number of hydrogen-bond acceptors (Lipinski definition) is 4. The van der Waals surface area contributed by atoms with Gasteiger partial charge in [0.1, 0.15) is 5.82 Å². The summed E-state index contributed by atoms with van der Waals surface area (Å²) >= 11 is 9.25. The van der Waals surface area contributed by atoms with Crippen molar-refractivity contribution in [2.45, 2.75) is 0 Å². The summed E-state index contributed by atoms with van der Waals surface area (Å²) in [6.45, 7) is 0. The van der Waals surface area contributed by atoms with Gasteiger partial charge in [-0.2, -0.15) is 0 Å². The van der Waals surface area contributed by atoms with Crippen LogP contribution in [0.5, 0.6) is 0 Å². The summed E-state index contributed by atoms with van der Waals surface area (Å²) < 4.78 is 19.2. The van der Waals surface area contributed by atoms with Gasteiger partial charge in [-0.3, -0.25) is 10.1 Å². The molecule has 1 heterocycles. The summed E-state index contributed by atoms with van der Waals surface area (Å²) in [6, 6.07) is 10.5. The van der Waals surface area contributed by atoms with Gasteiger partial charge in [-0.25, -0.2) is 4.39 Å². The number of nitrogens with zero attached hydrogens (tertiary/aromatic N) is 2. The highest BCUT2D eigenvalue weighted by Crippen LogP contribution is 2.23. The number of carbonyl (C=O) groups excluding carboxylic acids is 1. The molecule has 116 valence electrons. The molecule has 2 aromatic carbocycles. The van der Waals surface area contributed by atoms with E-state index in [0.717, 1.165) is 0 Å². The predicted octanol–water partition coefficient (Wildman–Crippen LogP) is 4.54. The Kier molecular flexibility index (Phi) is 4.40. The van der Waals surface area contributed by atoms with Crippen molar-refractivity contribution in [2.24, 2.45) is 0 Å². The summed E-state index contributed by atoms with van der Waals surface area (Å²) in [4.78, 5) is 12.2. The summed E-state index contributed by atoms with van der Waals surface area (Å²) in [5.74, 6) is -0.821. The van der Waals surface area contributed by atoms with E-state index in [1.807, 2.05) is 0 Å². The van der Waals surface area contributed by atoms with Crippen LogP contribution < -0.4 is 5.32 Å². The second-order valence-corrected chi connectivity index (χ2v) is 5.82. The van der Waals surface area contributed by atoms with Gasteiger partial charge in [0, 0.05) is 10.0 Å². The van der Waals surface area contributed by atoms with E-state index in [9.17, 15) is 9.18 Å². The van der Waals surface area contributed by atoms with Crippen LogP contribution in [-0.4, -0.2) is 16.1 Å². The highest BCUT2D eigenvalue weighted by Gasteiger charge is 2.15. The maximum Gasteiger partial charge on any atom is 0.322 e. The van der Waals surface area contributed by atoms with E-state index >= 15 is 0 Å². The molecule has 1 amide bonds. The Bertz CT molecular complexity index is 885. The minimum Gasteiger partial charge on any atom is -0.403 e. The van der Waals surface area contributed by atoms with Gasteiger partial charge in [0.25, 0.3) is 5.91 Å². The third-order valence-corrected chi connectivity index (χ3v) is 3.71. The van der Waals surface area contributed by atoms with Crippen LogP contribution in [0.1, 0.15) is 10.4 Å². The summed E-state index contributed by atoms with van der Waals surface area (Å²) in [5.41, 5.74) is 0.671. The van der Waals surface area contributed by atoms with Gasteiger partial charge >= 0.3 is 6.01 Å². The van der Waals surface area contributed by atoms with Crippen LogP contribution in [0.3, 0.4) is 0 Å².